The van der Waals surface area contributed by atoms with Crippen LogP contribution in [0.2, 0.25) is 0 Å². The highest BCUT2D eigenvalue weighted by atomic mass is 32.2. The van der Waals surface area contributed by atoms with Crippen molar-refractivity contribution in [1.29, 1.82) is 0 Å². The van der Waals surface area contributed by atoms with Crippen molar-refractivity contribution in [3.05, 3.63) is 95.1 Å². The molecule has 0 radical (unpaired) electrons. The highest BCUT2D eigenvalue weighted by Crippen LogP contribution is 2.34. The van der Waals surface area contributed by atoms with Crippen LogP contribution in [0.4, 0.5) is 0 Å². The van der Waals surface area contributed by atoms with Gasteiger partial charge in [-0.2, -0.15) is 0 Å². The van der Waals surface area contributed by atoms with Crippen molar-refractivity contribution in [2.45, 2.75) is 29.1 Å². The second-order valence-corrected chi connectivity index (χ2v) is 11.6. The van der Waals surface area contributed by atoms with E-state index in [4.69, 9.17) is 0 Å². The molecule has 5 nitrogen and oxygen atoms in total. The van der Waals surface area contributed by atoms with E-state index in [0.29, 0.717) is 17.5 Å². The molecule has 162 valence electrons. The Balaban J connectivity index is 2.20. The van der Waals surface area contributed by atoms with Gasteiger partial charge in [0.25, 0.3) is 0 Å². The molecule has 1 unspecified atom stereocenters. The first-order valence-electron chi connectivity index (χ1n) is 9.66. The largest absolute Gasteiger partial charge is 0.295 e. The van der Waals surface area contributed by atoms with Crippen LogP contribution in [0.15, 0.2) is 82.6 Å². The average molecular weight is 457 g/mol. The van der Waals surface area contributed by atoms with Gasteiger partial charge in [0.05, 0.1) is 9.79 Å². The number of rotatable bonds is 7. The molecule has 3 rings (SSSR count). The standard InChI is InChI=1S/C24H24O5S2/c1-17(25)21-9-5-4-8-19(21)16-23(18-12-14-20(15-13-18)30(2,26)27)22-10-6-7-11-24(22)31(3,28)29/h4-15,23H,16H2,1-3H3. The highest BCUT2D eigenvalue weighted by molar-refractivity contribution is 7.91. The number of hydrogen-bond acceptors (Lipinski definition) is 5. The van der Waals surface area contributed by atoms with Gasteiger partial charge < -0.3 is 0 Å². The topological polar surface area (TPSA) is 85.3 Å². The molecule has 3 aromatic rings. The van der Waals surface area contributed by atoms with Crippen LogP contribution in [-0.4, -0.2) is 35.1 Å². The van der Waals surface area contributed by atoms with Crippen molar-refractivity contribution in [3.8, 4) is 0 Å². The molecule has 0 heterocycles. The summed E-state index contributed by atoms with van der Waals surface area (Å²) in [5.74, 6) is -0.460. The third-order valence-corrected chi connectivity index (χ3v) is 7.52. The van der Waals surface area contributed by atoms with Crippen LogP contribution in [0.3, 0.4) is 0 Å². The number of carbonyl (C=O) groups excluding carboxylic acids is 1. The zero-order valence-corrected chi connectivity index (χ0v) is 19.2. The van der Waals surface area contributed by atoms with Gasteiger partial charge in [-0.25, -0.2) is 16.8 Å². The van der Waals surface area contributed by atoms with Crippen molar-refractivity contribution in [1.82, 2.24) is 0 Å². The summed E-state index contributed by atoms with van der Waals surface area (Å²) in [6.07, 6.45) is 2.70. The molecule has 0 aliphatic rings. The number of benzene rings is 3. The minimum absolute atomic E-state index is 0.0711. The van der Waals surface area contributed by atoms with Crippen LogP contribution >= 0.6 is 0 Å². The van der Waals surface area contributed by atoms with Gasteiger partial charge in [-0.15, -0.1) is 0 Å². The second-order valence-electron chi connectivity index (χ2n) is 7.62. The Morgan fingerprint density at radius 2 is 1.35 bits per heavy atom. The van der Waals surface area contributed by atoms with Gasteiger partial charge in [0.1, 0.15) is 0 Å². The average Bonchev–Trinajstić information content (AvgIpc) is 2.71. The molecule has 0 aliphatic heterocycles. The van der Waals surface area contributed by atoms with Crippen LogP contribution in [0.1, 0.15) is 39.9 Å². The summed E-state index contributed by atoms with van der Waals surface area (Å²) in [7, 11) is -6.86. The molecule has 7 heteroatoms. The van der Waals surface area contributed by atoms with E-state index in [2.05, 4.69) is 0 Å². The van der Waals surface area contributed by atoms with Crippen molar-refractivity contribution in [2.24, 2.45) is 0 Å². The number of hydrogen-bond donors (Lipinski definition) is 0. The molecule has 1 atom stereocenters. The van der Waals surface area contributed by atoms with Crippen LogP contribution in [0.5, 0.6) is 0 Å². The quantitative estimate of drug-likeness (QED) is 0.500. The predicted molar refractivity (Wildman–Crippen MR) is 121 cm³/mol. The van der Waals surface area contributed by atoms with Gasteiger partial charge in [-0.05, 0) is 48.2 Å². The summed E-state index contributed by atoms with van der Waals surface area (Å²) in [5.41, 5.74) is 2.75. The summed E-state index contributed by atoms with van der Waals surface area (Å²) in [4.78, 5) is 12.5. The SMILES string of the molecule is CC(=O)c1ccccc1CC(c1ccc(S(C)(=O)=O)cc1)c1ccccc1S(C)(=O)=O. The van der Waals surface area contributed by atoms with E-state index in [1.165, 1.54) is 25.3 Å². The molecule has 0 N–H and O–H groups in total. The number of sulfone groups is 2. The Hall–Kier alpha value is -2.77. The van der Waals surface area contributed by atoms with Gasteiger partial charge in [-0.1, -0.05) is 54.6 Å². The van der Waals surface area contributed by atoms with Crippen molar-refractivity contribution < 1.29 is 21.6 Å². The van der Waals surface area contributed by atoms with E-state index in [-0.39, 0.29) is 21.5 Å². The summed E-state index contributed by atoms with van der Waals surface area (Å²) in [5, 5.41) is 0. The van der Waals surface area contributed by atoms with Crippen molar-refractivity contribution >= 4 is 25.5 Å². The molecule has 0 saturated carbocycles. The molecule has 0 saturated heterocycles. The molecule has 0 fully saturated rings. The summed E-state index contributed by atoms with van der Waals surface area (Å²) in [6.45, 7) is 1.50. The number of Topliss-reactive ketones (excluding diaryl/α,β-unsaturated/α-hetero) is 1. The predicted octanol–water partition coefficient (Wildman–Crippen LogP) is 4.07. The molecule has 0 bridgehead atoms. The van der Waals surface area contributed by atoms with Gasteiger partial charge in [0.2, 0.25) is 0 Å². The van der Waals surface area contributed by atoms with E-state index < -0.39 is 19.7 Å². The van der Waals surface area contributed by atoms with Crippen LogP contribution < -0.4 is 0 Å². The molecule has 0 amide bonds. The minimum Gasteiger partial charge on any atom is -0.295 e. The first kappa shape index (κ1) is 22.9. The lowest BCUT2D eigenvalue weighted by Gasteiger charge is -2.22. The molecular weight excluding hydrogens is 432 g/mol. The second kappa shape index (κ2) is 8.77. The molecule has 0 aromatic heterocycles. The van der Waals surface area contributed by atoms with Gasteiger partial charge in [0, 0.05) is 24.0 Å². The van der Waals surface area contributed by atoms with E-state index in [1.807, 2.05) is 12.1 Å². The Morgan fingerprint density at radius 1 is 0.774 bits per heavy atom. The normalized spacial score (nSPS) is 13.0. The van der Waals surface area contributed by atoms with Crippen molar-refractivity contribution in [3.63, 3.8) is 0 Å². The van der Waals surface area contributed by atoms with Crippen LogP contribution in [-0.2, 0) is 26.1 Å². The smallest absolute Gasteiger partial charge is 0.175 e. The zero-order valence-electron chi connectivity index (χ0n) is 17.6. The van der Waals surface area contributed by atoms with Crippen molar-refractivity contribution in [2.75, 3.05) is 12.5 Å². The van der Waals surface area contributed by atoms with E-state index in [0.717, 1.165) is 17.4 Å². The Morgan fingerprint density at radius 3 is 1.94 bits per heavy atom. The van der Waals surface area contributed by atoms with E-state index in [9.17, 15) is 21.6 Å². The number of ketones is 1. The fourth-order valence-electron chi connectivity index (χ4n) is 3.72. The fourth-order valence-corrected chi connectivity index (χ4v) is 5.32. The molecule has 0 aliphatic carbocycles. The number of carbonyl (C=O) groups is 1. The van der Waals surface area contributed by atoms with Gasteiger partial charge in [-0.3, -0.25) is 4.79 Å². The Bertz CT molecular complexity index is 1320. The first-order valence-corrected chi connectivity index (χ1v) is 13.4. The third kappa shape index (κ3) is 5.29. The van der Waals surface area contributed by atoms with Gasteiger partial charge in [0.15, 0.2) is 25.5 Å². The molecule has 31 heavy (non-hydrogen) atoms. The summed E-state index contributed by atoms with van der Waals surface area (Å²) in [6, 6.07) is 20.5. The van der Waals surface area contributed by atoms with Crippen LogP contribution in [0, 0.1) is 0 Å². The maximum atomic E-state index is 12.5. The maximum Gasteiger partial charge on any atom is 0.175 e. The lowest BCUT2D eigenvalue weighted by Crippen LogP contribution is -2.13. The van der Waals surface area contributed by atoms with E-state index >= 15 is 0 Å². The lowest BCUT2D eigenvalue weighted by atomic mass is 9.84. The zero-order chi connectivity index (χ0) is 22.8. The van der Waals surface area contributed by atoms with Gasteiger partial charge >= 0.3 is 0 Å². The van der Waals surface area contributed by atoms with Crippen LogP contribution in [0.25, 0.3) is 0 Å². The molecule has 0 spiro atoms. The summed E-state index contributed by atoms with van der Waals surface area (Å²) >= 11 is 0. The monoisotopic (exact) mass is 456 g/mol. The molecular formula is C24H24O5S2. The lowest BCUT2D eigenvalue weighted by molar-refractivity contribution is 0.101. The van der Waals surface area contributed by atoms with E-state index in [1.54, 1.807) is 48.5 Å². The molecule has 3 aromatic carbocycles. The first-order chi connectivity index (χ1) is 14.5. The Labute approximate surface area is 183 Å². The maximum absolute atomic E-state index is 12.5. The third-order valence-electron chi connectivity index (χ3n) is 5.23. The highest BCUT2D eigenvalue weighted by Gasteiger charge is 2.24. The fraction of sp³-hybridized carbons (Fsp3) is 0.208. The Kier molecular flexibility index (Phi) is 6.48. The minimum atomic E-state index is -3.50. The summed E-state index contributed by atoms with van der Waals surface area (Å²) < 4.78 is 48.7.